The van der Waals surface area contributed by atoms with E-state index in [4.69, 9.17) is 4.74 Å². The molecule has 2 amide bonds. The van der Waals surface area contributed by atoms with Crippen molar-refractivity contribution in [1.82, 2.24) is 25.6 Å². The van der Waals surface area contributed by atoms with Crippen LogP contribution in [0.5, 0.6) is 5.75 Å². The number of rotatable bonds is 7. The van der Waals surface area contributed by atoms with Gasteiger partial charge in [-0.3, -0.25) is 20.4 Å². The second-order valence-corrected chi connectivity index (χ2v) is 6.99. The molecule has 8 nitrogen and oxygen atoms in total. The van der Waals surface area contributed by atoms with Crippen molar-refractivity contribution in [1.29, 1.82) is 0 Å². The zero-order valence-corrected chi connectivity index (χ0v) is 16.9. The lowest BCUT2D eigenvalue weighted by Gasteiger charge is -2.11. The van der Waals surface area contributed by atoms with Crippen molar-refractivity contribution in [3.05, 3.63) is 71.5 Å². The van der Waals surface area contributed by atoms with E-state index in [0.717, 1.165) is 10.7 Å². The molecule has 0 saturated heterocycles. The van der Waals surface area contributed by atoms with Gasteiger partial charge in [0, 0.05) is 18.4 Å². The van der Waals surface area contributed by atoms with Crippen molar-refractivity contribution in [2.75, 3.05) is 6.61 Å². The predicted molar refractivity (Wildman–Crippen MR) is 110 cm³/mol. The number of carbonyl (C=O) groups excluding carboxylic acids is 2. The molecular weight excluding hydrogens is 390 g/mol. The molecule has 0 unspecified atom stereocenters. The van der Waals surface area contributed by atoms with Gasteiger partial charge in [0.05, 0.1) is 12.2 Å². The van der Waals surface area contributed by atoms with Gasteiger partial charge < -0.3 is 9.30 Å². The number of carbonyl (C=O) groups is 2. The molecule has 2 aromatic carbocycles. The highest BCUT2D eigenvalue weighted by Gasteiger charge is 2.13. The van der Waals surface area contributed by atoms with E-state index in [-0.39, 0.29) is 0 Å². The Labute approximate surface area is 172 Å². The van der Waals surface area contributed by atoms with Gasteiger partial charge >= 0.3 is 0 Å². The number of thioether (sulfide) groups is 1. The van der Waals surface area contributed by atoms with Crippen LogP contribution >= 0.6 is 11.8 Å². The van der Waals surface area contributed by atoms with Crippen molar-refractivity contribution in [2.45, 2.75) is 17.8 Å². The molecule has 1 heterocycles. The molecule has 1 aromatic heterocycles. The number of amides is 2. The summed E-state index contributed by atoms with van der Waals surface area (Å²) >= 11 is 1.56. The third-order valence-corrected chi connectivity index (χ3v) is 5.08. The van der Waals surface area contributed by atoms with Gasteiger partial charge in [-0.2, -0.15) is 0 Å². The molecule has 3 aromatic rings. The fraction of sp³-hybridized carbons (Fsp3) is 0.200. The van der Waals surface area contributed by atoms with Crippen LogP contribution in [0, 0.1) is 0 Å². The maximum atomic E-state index is 12.3. The van der Waals surface area contributed by atoms with Crippen LogP contribution < -0.4 is 15.6 Å². The minimum absolute atomic E-state index is 0.353. The van der Waals surface area contributed by atoms with E-state index in [0.29, 0.717) is 29.2 Å². The highest BCUT2D eigenvalue weighted by atomic mass is 32.2. The molecule has 150 valence electrons. The summed E-state index contributed by atoms with van der Waals surface area (Å²) < 4.78 is 7.28. The van der Waals surface area contributed by atoms with Gasteiger partial charge in [-0.05, 0) is 36.8 Å². The largest absolute Gasteiger partial charge is 0.493 e. The molecule has 0 radical (unpaired) electrons. The van der Waals surface area contributed by atoms with Crippen molar-refractivity contribution in [3.63, 3.8) is 0 Å². The summed E-state index contributed by atoms with van der Waals surface area (Å²) in [6, 6.07) is 14.0. The lowest BCUT2D eigenvalue weighted by atomic mass is 10.1. The Morgan fingerprint density at radius 2 is 1.79 bits per heavy atom. The summed E-state index contributed by atoms with van der Waals surface area (Å²) in [5, 5.41) is 8.68. The van der Waals surface area contributed by atoms with Crippen LogP contribution in [0.1, 0.15) is 33.2 Å². The summed E-state index contributed by atoms with van der Waals surface area (Å²) in [4.78, 5) is 24.6. The third-order valence-electron chi connectivity index (χ3n) is 3.98. The number of nitrogens with one attached hydrogen (secondary N) is 2. The lowest BCUT2D eigenvalue weighted by molar-refractivity contribution is 0.0844. The first-order valence-corrected chi connectivity index (χ1v) is 9.95. The van der Waals surface area contributed by atoms with Gasteiger partial charge in [-0.25, -0.2) is 0 Å². The number of hydrogen-bond donors (Lipinski definition) is 2. The molecule has 0 fully saturated rings. The fourth-order valence-corrected chi connectivity index (χ4v) is 3.34. The molecular formula is C20H21N5O3S. The summed E-state index contributed by atoms with van der Waals surface area (Å²) in [7, 11) is 1.89. The van der Waals surface area contributed by atoms with E-state index < -0.39 is 11.8 Å². The van der Waals surface area contributed by atoms with E-state index in [2.05, 4.69) is 21.0 Å². The van der Waals surface area contributed by atoms with Crippen LogP contribution in [0.3, 0.4) is 0 Å². The number of hydrogen-bond acceptors (Lipinski definition) is 6. The van der Waals surface area contributed by atoms with Crippen LogP contribution in [-0.4, -0.2) is 33.2 Å². The SMILES string of the molecule is CCOc1ccccc1C(=O)NNC(=O)c1ccc(CSc2nncn2C)cc1. The normalized spacial score (nSPS) is 10.4. The third kappa shape index (κ3) is 5.35. The molecule has 9 heteroatoms. The first-order chi connectivity index (χ1) is 14.1. The average molecular weight is 411 g/mol. The number of hydrazine groups is 1. The van der Waals surface area contributed by atoms with Crippen LogP contribution in [-0.2, 0) is 12.8 Å². The molecule has 0 bridgehead atoms. The molecule has 2 N–H and O–H groups in total. The highest BCUT2D eigenvalue weighted by molar-refractivity contribution is 7.98. The number of ether oxygens (including phenoxy) is 1. The van der Waals surface area contributed by atoms with Crippen LogP contribution in [0.2, 0.25) is 0 Å². The van der Waals surface area contributed by atoms with Crippen LogP contribution in [0.15, 0.2) is 60.0 Å². The van der Waals surface area contributed by atoms with Gasteiger partial charge in [-0.15, -0.1) is 10.2 Å². The van der Waals surface area contributed by atoms with Gasteiger partial charge in [0.15, 0.2) is 5.16 Å². The monoisotopic (exact) mass is 411 g/mol. The summed E-state index contributed by atoms with van der Waals surface area (Å²) in [6.45, 7) is 2.28. The zero-order valence-electron chi connectivity index (χ0n) is 16.1. The minimum Gasteiger partial charge on any atom is -0.493 e. The topological polar surface area (TPSA) is 98.1 Å². The maximum Gasteiger partial charge on any atom is 0.273 e. The van der Waals surface area contributed by atoms with Crippen molar-refractivity contribution in [2.24, 2.45) is 7.05 Å². The van der Waals surface area contributed by atoms with E-state index >= 15 is 0 Å². The smallest absolute Gasteiger partial charge is 0.273 e. The number of benzene rings is 2. The van der Waals surface area contributed by atoms with Gasteiger partial charge in [0.2, 0.25) is 0 Å². The number of aryl methyl sites for hydroxylation is 1. The molecule has 29 heavy (non-hydrogen) atoms. The maximum absolute atomic E-state index is 12.3. The van der Waals surface area contributed by atoms with Gasteiger partial charge in [-0.1, -0.05) is 36.0 Å². The number of aromatic nitrogens is 3. The first-order valence-electron chi connectivity index (χ1n) is 8.96. The van der Waals surface area contributed by atoms with E-state index in [9.17, 15) is 9.59 Å². The molecule has 0 aliphatic carbocycles. The van der Waals surface area contributed by atoms with Crippen LogP contribution in [0.25, 0.3) is 0 Å². The van der Waals surface area contributed by atoms with Crippen molar-refractivity contribution in [3.8, 4) is 5.75 Å². The van der Waals surface area contributed by atoms with Crippen molar-refractivity contribution < 1.29 is 14.3 Å². The Morgan fingerprint density at radius 3 is 2.48 bits per heavy atom. The zero-order chi connectivity index (χ0) is 20.6. The molecule has 0 saturated carbocycles. The molecule has 0 aliphatic heterocycles. The Hall–Kier alpha value is -3.33. The Morgan fingerprint density at radius 1 is 1.07 bits per heavy atom. The lowest BCUT2D eigenvalue weighted by Crippen LogP contribution is -2.41. The standard InChI is InChI=1S/C20H21N5O3S/c1-3-28-17-7-5-4-6-16(17)19(27)23-22-18(26)15-10-8-14(9-11-15)12-29-20-24-21-13-25(20)2/h4-11,13H,3,12H2,1-2H3,(H,22,26)(H,23,27). The van der Waals surface area contributed by atoms with E-state index in [1.165, 1.54) is 0 Å². The molecule has 0 spiro atoms. The highest BCUT2D eigenvalue weighted by Crippen LogP contribution is 2.20. The van der Waals surface area contributed by atoms with Gasteiger partial charge in [0.25, 0.3) is 11.8 Å². The van der Waals surface area contributed by atoms with Crippen LogP contribution in [0.4, 0.5) is 0 Å². The summed E-state index contributed by atoms with van der Waals surface area (Å²) in [5.74, 6) is 0.324. The van der Waals surface area contributed by atoms with E-state index in [1.54, 1.807) is 54.5 Å². The quantitative estimate of drug-likeness (QED) is 0.458. The molecule has 3 rings (SSSR count). The average Bonchev–Trinajstić information content (AvgIpc) is 3.16. The minimum atomic E-state index is -0.445. The van der Waals surface area contributed by atoms with Gasteiger partial charge in [0.1, 0.15) is 12.1 Å². The molecule has 0 aliphatic rings. The Bertz CT molecular complexity index is 988. The second-order valence-electron chi connectivity index (χ2n) is 6.05. The number of nitrogens with zero attached hydrogens (tertiary/aromatic N) is 3. The number of para-hydroxylation sites is 1. The summed E-state index contributed by atoms with van der Waals surface area (Å²) in [5.41, 5.74) is 6.69. The Balaban J connectivity index is 1.54. The predicted octanol–water partition coefficient (Wildman–Crippen LogP) is 2.58. The van der Waals surface area contributed by atoms with Crippen molar-refractivity contribution >= 4 is 23.6 Å². The summed E-state index contributed by atoms with van der Waals surface area (Å²) in [6.07, 6.45) is 1.65. The first kappa shape index (κ1) is 20.4. The fourth-order valence-electron chi connectivity index (χ4n) is 2.49. The Kier molecular flexibility index (Phi) is 6.85. The van der Waals surface area contributed by atoms with E-state index in [1.807, 2.05) is 30.7 Å². The second kappa shape index (κ2) is 9.74. The molecule has 0 atom stereocenters.